The normalized spacial score (nSPS) is 17.0. The van der Waals surface area contributed by atoms with Crippen LogP contribution in [0.15, 0.2) is 36.7 Å². The van der Waals surface area contributed by atoms with E-state index < -0.39 is 5.60 Å². The maximum absolute atomic E-state index is 12.5. The molecular weight excluding hydrogens is 416 g/mol. The van der Waals surface area contributed by atoms with Gasteiger partial charge < -0.3 is 19.5 Å². The number of piperidine rings is 1. The van der Waals surface area contributed by atoms with Crippen molar-refractivity contribution in [3.05, 3.63) is 47.5 Å². The van der Waals surface area contributed by atoms with Gasteiger partial charge in [0.05, 0.1) is 12.4 Å². The van der Waals surface area contributed by atoms with Crippen LogP contribution in [0.1, 0.15) is 45.2 Å². The van der Waals surface area contributed by atoms with Crippen LogP contribution in [0, 0.1) is 0 Å². The topological polar surface area (TPSA) is 85.2 Å². The van der Waals surface area contributed by atoms with Crippen molar-refractivity contribution in [2.75, 3.05) is 18.4 Å². The van der Waals surface area contributed by atoms with Crippen molar-refractivity contribution < 1.29 is 9.53 Å². The number of nitrogens with zero attached hydrogens (tertiary/aromatic N) is 5. The number of aromatic nitrogens is 4. The van der Waals surface area contributed by atoms with E-state index in [0.717, 1.165) is 18.4 Å². The highest BCUT2D eigenvalue weighted by atomic mass is 35.5. The molecular formula is C22H27ClN6O2. The van der Waals surface area contributed by atoms with E-state index in [-0.39, 0.29) is 17.4 Å². The summed E-state index contributed by atoms with van der Waals surface area (Å²) >= 11 is 6.24. The van der Waals surface area contributed by atoms with Crippen molar-refractivity contribution >= 4 is 34.7 Å². The SMILES string of the molecule is CC(C)(C)OC(=O)N1CCCC(n2cnc3c(NCc4ccccc4)nc(Cl)nc32)C1. The Hall–Kier alpha value is -2.87. The van der Waals surface area contributed by atoms with Gasteiger partial charge in [-0.05, 0) is 50.8 Å². The summed E-state index contributed by atoms with van der Waals surface area (Å²) in [6.45, 7) is 7.44. The number of ether oxygens (including phenoxy) is 1. The summed E-state index contributed by atoms with van der Waals surface area (Å²) in [4.78, 5) is 27.6. The van der Waals surface area contributed by atoms with Gasteiger partial charge in [0, 0.05) is 19.6 Å². The summed E-state index contributed by atoms with van der Waals surface area (Å²) in [5, 5.41) is 3.47. The molecule has 1 aliphatic rings. The number of fused-ring (bicyclic) bond motifs is 1. The molecule has 1 aliphatic heterocycles. The van der Waals surface area contributed by atoms with Crippen LogP contribution in [-0.4, -0.2) is 49.2 Å². The molecule has 1 N–H and O–H groups in total. The Kier molecular flexibility index (Phi) is 6.00. The number of carbonyl (C=O) groups is 1. The molecule has 164 valence electrons. The predicted molar refractivity (Wildman–Crippen MR) is 120 cm³/mol. The molecule has 4 rings (SSSR count). The fourth-order valence-corrected chi connectivity index (χ4v) is 3.90. The number of hydrogen-bond acceptors (Lipinski definition) is 6. The molecule has 2 aromatic heterocycles. The summed E-state index contributed by atoms with van der Waals surface area (Å²) in [5.74, 6) is 0.595. The molecule has 0 bridgehead atoms. The Labute approximate surface area is 186 Å². The summed E-state index contributed by atoms with van der Waals surface area (Å²) in [6, 6.07) is 10.1. The van der Waals surface area contributed by atoms with Crippen molar-refractivity contribution in [2.24, 2.45) is 0 Å². The molecule has 8 nitrogen and oxygen atoms in total. The van der Waals surface area contributed by atoms with Crippen LogP contribution in [-0.2, 0) is 11.3 Å². The molecule has 1 aromatic carbocycles. The molecule has 3 heterocycles. The van der Waals surface area contributed by atoms with Crippen molar-refractivity contribution in [1.29, 1.82) is 0 Å². The quantitative estimate of drug-likeness (QED) is 0.591. The number of hydrogen-bond donors (Lipinski definition) is 1. The third kappa shape index (κ3) is 5.07. The molecule has 0 aliphatic carbocycles. The minimum atomic E-state index is -0.522. The van der Waals surface area contributed by atoms with Crippen LogP contribution in [0.4, 0.5) is 10.6 Å². The van der Waals surface area contributed by atoms with E-state index in [1.807, 2.05) is 55.7 Å². The highest BCUT2D eigenvalue weighted by molar-refractivity contribution is 6.28. The Morgan fingerprint density at radius 1 is 1.26 bits per heavy atom. The summed E-state index contributed by atoms with van der Waals surface area (Å²) in [5.41, 5.74) is 1.93. The van der Waals surface area contributed by atoms with E-state index in [9.17, 15) is 4.79 Å². The summed E-state index contributed by atoms with van der Waals surface area (Å²) < 4.78 is 7.54. The molecule has 0 saturated carbocycles. The number of imidazole rings is 1. The minimum absolute atomic E-state index is 0.0409. The molecule has 3 aromatic rings. The van der Waals surface area contributed by atoms with Gasteiger partial charge in [-0.1, -0.05) is 30.3 Å². The van der Waals surface area contributed by atoms with Gasteiger partial charge in [0.2, 0.25) is 5.28 Å². The van der Waals surface area contributed by atoms with Crippen LogP contribution in [0.25, 0.3) is 11.2 Å². The van der Waals surface area contributed by atoms with Gasteiger partial charge in [0.15, 0.2) is 17.0 Å². The Morgan fingerprint density at radius 3 is 2.77 bits per heavy atom. The van der Waals surface area contributed by atoms with Crippen LogP contribution in [0.3, 0.4) is 0 Å². The highest BCUT2D eigenvalue weighted by Gasteiger charge is 2.29. The largest absolute Gasteiger partial charge is 0.444 e. The van der Waals surface area contributed by atoms with E-state index in [0.29, 0.717) is 36.6 Å². The number of nitrogens with one attached hydrogen (secondary N) is 1. The average molecular weight is 443 g/mol. The second-order valence-electron chi connectivity index (χ2n) is 8.73. The fraction of sp³-hybridized carbons (Fsp3) is 0.455. The standard InChI is InChI=1S/C22H27ClN6O2/c1-22(2,3)31-21(30)28-11-7-10-16(13-28)29-14-25-17-18(26-20(23)27-19(17)29)24-12-15-8-5-4-6-9-15/h4-6,8-9,14,16H,7,10-13H2,1-3H3,(H,24,26,27). The zero-order chi connectivity index (χ0) is 22.0. The van der Waals surface area contributed by atoms with E-state index in [1.165, 1.54) is 0 Å². The fourth-order valence-electron chi connectivity index (χ4n) is 3.74. The number of amides is 1. The zero-order valence-corrected chi connectivity index (χ0v) is 18.8. The van der Waals surface area contributed by atoms with E-state index in [2.05, 4.69) is 20.3 Å². The summed E-state index contributed by atoms with van der Waals surface area (Å²) in [7, 11) is 0. The molecule has 1 unspecified atom stereocenters. The second kappa shape index (κ2) is 8.70. The molecule has 1 amide bonds. The van der Waals surface area contributed by atoms with Crippen molar-refractivity contribution in [3.63, 3.8) is 0 Å². The van der Waals surface area contributed by atoms with Crippen LogP contribution >= 0.6 is 11.6 Å². The monoisotopic (exact) mass is 442 g/mol. The molecule has 9 heteroatoms. The number of anilines is 1. The Balaban J connectivity index is 1.55. The lowest BCUT2D eigenvalue weighted by atomic mass is 10.1. The first kappa shape index (κ1) is 21.4. The lowest BCUT2D eigenvalue weighted by molar-refractivity contribution is 0.0174. The molecule has 31 heavy (non-hydrogen) atoms. The maximum atomic E-state index is 12.5. The van der Waals surface area contributed by atoms with Gasteiger partial charge in [0.25, 0.3) is 0 Å². The third-order valence-corrected chi connectivity index (χ3v) is 5.31. The van der Waals surface area contributed by atoms with E-state index in [4.69, 9.17) is 16.3 Å². The third-order valence-electron chi connectivity index (χ3n) is 5.14. The van der Waals surface area contributed by atoms with E-state index in [1.54, 1.807) is 11.2 Å². The lowest BCUT2D eigenvalue weighted by Crippen LogP contribution is -2.43. The van der Waals surface area contributed by atoms with Crippen LogP contribution in [0.5, 0.6) is 0 Å². The van der Waals surface area contributed by atoms with Crippen LogP contribution in [0.2, 0.25) is 5.28 Å². The number of benzene rings is 1. The smallest absolute Gasteiger partial charge is 0.410 e. The first-order valence-electron chi connectivity index (χ1n) is 10.5. The van der Waals surface area contributed by atoms with Crippen molar-refractivity contribution in [1.82, 2.24) is 24.4 Å². The van der Waals surface area contributed by atoms with Gasteiger partial charge in [-0.2, -0.15) is 9.97 Å². The number of halogens is 1. The van der Waals surface area contributed by atoms with Gasteiger partial charge >= 0.3 is 6.09 Å². The van der Waals surface area contributed by atoms with Gasteiger partial charge in [-0.15, -0.1) is 0 Å². The molecule has 0 radical (unpaired) electrons. The first-order valence-corrected chi connectivity index (χ1v) is 10.8. The van der Waals surface area contributed by atoms with Crippen molar-refractivity contribution in [3.8, 4) is 0 Å². The Morgan fingerprint density at radius 2 is 2.03 bits per heavy atom. The first-order chi connectivity index (χ1) is 14.8. The van der Waals surface area contributed by atoms with Crippen LogP contribution < -0.4 is 5.32 Å². The maximum Gasteiger partial charge on any atom is 0.410 e. The second-order valence-corrected chi connectivity index (χ2v) is 9.06. The summed E-state index contributed by atoms with van der Waals surface area (Å²) in [6.07, 6.45) is 3.26. The van der Waals surface area contributed by atoms with Gasteiger partial charge in [-0.25, -0.2) is 9.78 Å². The lowest BCUT2D eigenvalue weighted by Gasteiger charge is -2.34. The van der Waals surface area contributed by atoms with Gasteiger partial charge in [-0.3, -0.25) is 0 Å². The molecule has 0 spiro atoms. The number of rotatable bonds is 4. The van der Waals surface area contributed by atoms with Crippen molar-refractivity contribution in [2.45, 2.75) is 51.8 Å². The number of likely N-dealkylation sites (tertiary alicyclic amines) is 1. The molecule has 1 atom stereocenters. The van der Waals surface area contributed by atoms with E-state index >= 15 is 0 Å². The average Bonchev–Trinajstić information content (AvgIpc) is 3.15. The predicted octanol–water partition coefficient (Wildman–Crippen LogP) is 4.66. The van der Waals surface area contributed by atoms with Gasteiger partial charge in [0.1, 0.15) is 5.60 Å². The molecule has 1 fully saturated rings. The minimum Gasteiger partial charge on any atom is -0.444 e. The highest BCUT2D eigenvalue weighted by Crippen LogP contribution is 2.29. The molecule has 1 saturated heterocycles. The zero-order valence-electron chi connectivity index (χ0n) is 18.0. The number of carbonyl (C=O) groups excluding carboxylic acids is 1. The Bertz CT molecular complexity index is 1060.